The Morgan fingerprint density at radius 2 is 1.90 bits per heavy atom. The Labute approximate surface area is 197 Å². The minimum absolute atomic E-state index is 0.0431. The van der Waals surface area contributed by atoms with Crippen LogP contribution in [0.4, 0.5) is 0 Å². The third-order valence-electron chi connectivity index (χ3n) is 4.92. The second kappa shape index (κ2) is 10.9. The molecule has 31 heavy (non-hydrogen) atoms. The molecule has 168 valence electrons. The minimum Gasteiger partial charge on any atom is -0.496 e. The third kappa shape index (κ3) is 6.29. The van der Waals surface area contributed by atoms with Gasteiger partial charge in [-0.1, -0.05) is 29.3 Å². The lowest BCUT2D eigenvalue weighted by Crippen LogP contribution is -2.29. The first-order valence-corrected chi connectivity index (χ1v) is 13.2. The number of thioether (sulfide) groups is 1. The molecule has 0 saturated carbocycles. The summed E-state index contributed by atoms with van der Waals surface area (Å²) in [6.45, 7) is 1.60. The Hall–Kier alpha value is -1.45. The second-order valence-electron chi connectivity index (χ2n) is 7.05. The van der Waals surface area contributed by atoms with Gasteiger partial charge in [0, 0.05) is 41.2 Å². The minimum atomic E-state index is -3.76. The molecule has 6 nitrogen and oxygen atoms in total. The molecule has 2 aromatic carbocycles. The maximum Gasteiger partial charge on any atom is 0.257 e. The van der Waals surface area contributed by atoms with Gasteiger partial charge in [0.2, 0.25) is 10.0 Å². The number of hydrogen-bond donors (Lipinski definition) is 1. The van der Waals surface area contributed by atoms with Gasteiger partial charge in [0.25, 0.3) is 5.91 Å². The molecule has 0 spiro atoms. The van der Waals surface area contributed by atoms with Gasteiger partial charge in [-0.2, -0.15) is 11.8 Å². The molecule has 3 rings (SSSR count). The summed E-state index contributed by atoms with van der Waals surface area (Å²) in [5.41, 5.74) is 1.21. The van der Waals surface area contributed by atoms with Crippen molar-refractivity contribution in [1.29, 1.82) is 0 Å². The maximum atomic E-state index is 12.8. The van der Waals surface area contributed by atoms with Crippen molar-refractivity contribution in [3.63, 3.8) is 0 Å². The number of sulfonamides is 1. The van der Waals surface area contributed by atoms with Crippen LogP contribution in [0.5, 0.6) is 5.75 Å². The van der Waals surface area contributed by atoms with Crippen LogP contribution in [0.1, 0.15) is 28.8 Å². The van der Waals surface area contributed by atoms with E-state index in [0.717, 1.165) is 18.4 Å². The Kier molecular flexibility index (Phi) is 8.52. The van der Waals surface area contributed by atoms with Gasteiger partial charge in [0.05, 0.1) is 17.6 Å². The van der Waals surface area contributed by atoms with E-state index in [1.165, 1.54) is 25.3 Å². The summed E-state index contributed by atoms with van der Waals surface area (Å²) in [6.07, 6.45) is 1.90. The number of carbonyl (C=O) groups excluding carboxylic acids is 1. The summed E-state index contributed by atoms with van der Waals surface area (Å²) < 4.78 is 33.3. The summed E-state index contributed by atoms with van der Waals surface area (Å²) in [5, 5.41) is 1.17. The van der Waals surface area contributed by atoms with E-state index in [-0.39, 0.29) is 22.9 Å². The molecule has 0 atom stereocenters. The molecule has 2 aromatic rings. The molecule has 1 N–H and O–H groups in total. The van der Waals surface area contributed by atoms with Crippen molar-refractivity contribution < 1.29 is 17.9 Å². The smallest absolute Gasteiger partial charge is 0.257 e. The van der Waals surface area contributed by atoms with Crippen LogP contribution in [0.3, 0.4) is 0 Å². The van der Waals surface area contributed by atoms with Gasteiger partial charge in [0.15, 0.2) is 0 Å². The van der Waals surface area contributed by atoms with E-state index < -0.39 is 10.0 Å². The lowest BCUT2D eigenvalue weighted by molar-refractivity contribution is 0.0789. The maximum absolute atomic E-state index is 12.8. The number of nitrogens with zero attached hydrogens (tertiary/aromatic N) is 1. The average Bonchev–Trinajstić information content (AvgIpc) is 3.28. The highest BCUT2D eigenvalue weighted by Gasteiger charge is 2.25. The summed E-state index contributed by atoms with van der Waals surface area (Å²) in [7, 11) is -2.29. The van der Waals surface area contributed by atoms with Gasteiger partial charge < -0.3 is 9.64 Å². The van der Waals surface area contributed by atoms with Crippen LogP contribution in [0.15, 0.2) is 41.3 Å². The predicted octanol–water partition coefficient (Wildman–Crippen LogP) is 4.45. The number of halogens is 2. The number of carbonyl (C=O) groups is 1. The molecule has 1 amide bonds. The fraction of sp³-hybridized carbons (Fsp3) is 0.381. The molecule has 1 heterocycles. The Morgan fingerprint density at radius 1 is 1.16 bits per heavy atom. The van der Waals surface area contributed by atoms with Crippen molar-refractivity contribution in [3.8, 4) is 5.75 Å². The predicted molar refractivity (Wildman–Crippen MR) is 126 cm³/mol. The SMILES string of the molecule is COc1ccc(S(=O)(=O)NCCSCc2ccc(Cl)cc2Cl)cc1C(=O)N1CCCC1. The first-order valence-electron chi connectivity index (χ1n) is 9.80. The lowest BCUT2D eigenvalue weighted by Gasteiger charge is -2.18. The Bertz CT molecular complexity index is 1040. The van der Waals surface area contributed by atoms with Gasteiger partial charge in [-0.25, -0.2) is 13.1 Å². The molecule has 10 heteroatoms. The normalized spacial score (nSPS) is 14.1. The molecule has 0 unspecified atom stereocenters. The molecular weight excluding hydrogens is 479 g/mol. The summed E-state index contributed by atoms with van der Waals surface area (Å²) in [5.74, 6) is 1.37. The van der Waals surface area contributed by atoms with E-state index in [1.807, 2.05) is 6.07 Å². The van der Waals surface area contributed by atoms with E-state index in [1.54, 1.807) is 28.8 Å². The van der Waals surface area contributed by atoms with Crippen LogP contribution in [-0.2, 0) is 15.8 Å². The lowest BCUT2D eigenvalue weighted by atomic mass is 10.1. The van der Waals surface area contributed by atoms with Crippen molar-refractivity contribution in [2.24, 2.45) is 0 Å². The van der Waals surface area contributed by atoms with E-state index >= 15 is 0 Å². The van der Waals surface area contributed by atoms with E-state index in [0.29, 0.717) is 40.4 Å². The standard InChI is InChI=1S/C21H24Cl2N2O4S2/c1-29-20-7-6-17(13-18(20)21(26)25-9-2-3-10-25)31(27,28)24-8-11-30-14-15-4-5-16(22)12-19(15)23/h4-7,12-13,24H,2-3,8-11,14H2,1H3. The monoisotopic (exact) mass is 502 g/mol. The number of benzene rings is 2. The highest BCUT2D eigenvalue weighted by Crippen LogP contribution is 2.26. The molecule has 0 bridgehead atoms. The highest BCUT2D eigenvalue weighted by atomic mass is 35.5. The fourth-order valence-electron chi connectivity index (χ4n) is 3.26. The van der Waals surface area contributed by atoms with Crippen molar-refractivity contribution in [3.05, 3.63) is 57.6 Å². The highest BCUT2D eigenvalue weighted by molar-refractivity contribution is 7.98. The topological polar surface area (TPSA) is 75.7 Å². The van der Waals surface area contributed by atoms with Crippen molar-refractivity contribution >= 4 is 50.9 Å². The van der Waals surface area contributed by atoms with Gasteiger partial charge in [0.1, 0.15) is 5.75 Å². The van der Waals surface area contributed by atoms with Crippen molar-refractivity contribution in [2.45, 2.75) is 23.5 Å². The molecule has 0 aliphatic carbocycles. The largest absolute Gasteiger partial charge is 0.496 e. The second-order valence-corrected chi connectivity index (χ2v) is 10.8. The van der Waals surface area contributed by atoms with Crippen LogP contribution >= 0.6 is 35.0 Å². The van der Waals surface area contributed by atoms with Crippen LogP contribution in [-0.4, -0.2) is 51.7 Å². The number of likely N-dealkylation sites (tertiary alicyclic amines) is 1. The zero-order valence-corrected chi connectivity index (χ0v) is 20.2. The van der Waals surface area contributed by atoms with Crippen LogP contribution in [0.25, 0.3) is 0 Å². The molecule has 1 aliphatic heterocycles. The number of nitrogens with one attached hydrogen (secondary N) is 1. The number of rotatable bonds is 9. The van der Waals surface area contributed by atoms with E-state index in [4.69, 9.17) is 27.9 Å². The fourth-order valence-corrected chi connectivity index (χ4v) is 5.87. The zero-order chi connectivity index (χ0) is 22.4. The molecule has 0 radical (unpaired) electrons. The van der Waals surface area contributed by atoms with Crippen LogP contribution < -0.4 is 9.46 Å². The Morgan fingerprint density at radius 3 is 2.58 bits per heavy atom. The summed E-state index contributed by atoms with van der Waals surface area (Å²) >= 11 is 13.6. The molecule has 1 saturated heterocycles. The third-order valence-corrected chi connectivity index (χ3v) is 7.97. The van der Waals surface area contributed by atoms with Gasteiger partial charge in [-0.05, 0) is 48.7 Å². The first kappa shape index (κ1) is 24.2. The van der Waals surface area contributed by atoms with Crippen LogP contribution in [0, 0.1) is 0 Å². The van der Waals surface area contributed by atoms with Gasteiger partial charge in [-0.15, -0.1) is 0 Å². The van der Waals surface area contributed by atoms with Gasteiger partial charge >= 0.3 is 0 Å². The first-order chi connectivity index (χ1) is 14.8. The van der Waals surface area contributed by atoms with Crippen LogP contribution in [0.2, 0.25) is 10.0 Å². The average molecular weight is 503 g/mol. The van der Waals surface area contributed by atoms with Crippen molar-refractivity contribution in [2.75, 3.05) is 32.5 Å². The summed E-state index contributed by atoms with van der Waals surface area (Å²) in [6, 6.07) is 9.68. The number of hydrogen-bond acceptors (Lipinski definition) is 5. The quantitative estimate of drug-likeness (QED) is 0.512. The van der Waals surface area contributed by atoms with E-state index in [9.17, 15) is 13.2 Å². The number of ether oxygens (including phenoxy) is 1. The van der Waals surface area contributed by atoms with Gasteiger partial charge in [-0.3, -0.25) is 4.79 Å². The number of methoxy groups -OCH3 is 1. The van der Waals surface area contributed by atoms with Crippen molar-refractivity contribution in [1.82, 2.24) is 9.62 Å². The summed E-state index contributed by atoms with van der Waals surface area (Å²) in [4.78, 5) is 14.6. The van der Waals surface area contributed by atoms with E-state index in [2.05, 4.69) is 4.72 Å². The Balaban J connectivity index is 1.60. The molecule has 1 aliphatic rings. The zero-order valence-electron chi connectivity index (χ0n) is 17.1. The molecule has 1 fully saturated rings. The number of amides is 1. The molecular formula is C21H24Cl2N2O4S2. The molecule has 0 aromatic heterocycles.